The highest BCUT2D eigenvalue weighted by Crippen LogP contribution is 2.37. The summed E-state index contributed by atoms with van der Waals surface area (Å²) in [5, 5.41) is 2.30. The zero-order valence-corrected chi connectivity index (χ0v) is 20.7. The number of piperazine rings is 1. The quantitative estimate of drug-likeness (QED) is 0.348. The maximum atomic E-state index is 13.5. The number of hydrogen-bond donors (Lipinski definition) is 0. The Bertz CT molecular complexity index is 1360. The number of benzene rings is 2. The van der Waals surface area contributed by atoms with Gasteiger partial charge in [0.25, 0.3) is 0 Å². The lowest BCUT2D eigenvalue weighted by atomic mass is 10.2. The number of oxazole rings is 1. The van der Waals surface area contributed by atoms with Crippen molar-refractivity contribution in [2.75, 3.05) is 43.1 Å². The fourth-order valence-corrected chi connectivity index (χ4v) is 5.96. The summed E-state index contributed by atoms with van der Waals surface area (Å²) < 4.78 is 38.4. The third-order valence-electron chi connectivity index (χ3n) is 5.69. The Morgan fingerprint density at radius 3 is 2.26 bits per heavy atom. The van der Waals surface area contributed by atoms with Gasteiger partial charge in [-0.1, -0.05) is 17.7 Å². The van der Waals surface area contributed by atoms with Crippen LogP contribution in [0.1, 0.15) is 0 Å². The van der Waals surface area contributed by atoms with E-state index in [1.165, 1.54) is 23.5 Å². The molecule has 0 radical (unpaired) electrons. The average Bonchev–Trinajstić information content (AvgIpc) is 3.55. The van der Waals surface area contributed by atoms with Gasteiger partial charge in [-0.15, -0.1) is 11.3 Å². The van der Waals surface area contributed by atoms with Crippen molar-refractivity contribution in [2.24, 2.45) is 0 Å². The summed E-state index contributed by atoms with van der Waals surface area (Å²) in [6.07, 6.45) is 0. The van der Waals surface area contributed by atoms with Crippen LogP contribution in [0, 0.1) is 0 Å². The molecule has 0 atom stereocenters. The number of methoxy groups -OCH3 is 1. The third kappa shape index (κ3) is 4.38. The number of hydrogen-bond acceptors (Lipinski definition) is 8. The number of aromatic nitrogens is 1. The summed E-state index contributed by atoms with van der Waals surface area (Å²) in [4.78, 5) is 9.55. The zero-order valence-electron chi connectivity index (χ0n) is 18.3. The van der Waals surface area contributed by atoms with Crippen LogP contribution in [0.5, 0.6) is 5.75 Å². The number of anilines is 2. The van der Waals surface area contributed by atoms with E-state index in [1.807, 2.05) is 46.7 Å². The maximum Gasteiger partial charge on any atom is 0.240 e. The van der Waals surface area contributed by atoms with Gasteiger partial charge < -0.3 is 19.0 Å². The first-order valence-corrected chi connectivity index (χ1v) is 13.4. The van der Waals surface area contributed by atoms with Gasteiger partial charge in [0.2, 0.25) is 26.6 Å². The fourth-order valence-electron chi connectivity index (χ4n) is 3.86. The molecule has 1 fully saturated rings. The molecule has 0 saturated carbocycles. The van der Waals surface area contributed by atoms with E-state index >= 15 is 0 Å². The van der Waals surface area contributed by atoms with E-state index in [1.54, 1.807) is 19.2 Å². The van der Waals surface area contributed by atoms with Crippen LogP contribution in [-0.2, 0) is 9.84 Å². The number of rotatable bonds is 6. The lowest BCUT2D eigenvalue weighted by Gasteiger charge is -2.36. The van der Waals surface area contributed by atoms with Crippen molar-refractivity contribution < 1.29 is 17.6 Å². The molecule has 0 amide bonds. The Morgan fingerprint density at radius 2 is 1.65 bits per heavy atom. The molecule has 0 spiro atoms. The first kappa shape index (κ1) is 22.8. The number of nitrogens with zero attached hydrogens (tertiary/aromatic N) is 3. The molecule has 0 unspecified atom stereocenters. The smallest absolute Gasteiger partial charge is 0.240 e. The van der Waals surface area contributed by atoms with E-state index in [2.05, 4.69) is 9.88 Å². The summed E-state index contributed by atoms with van der Waals surface area (Å²) >= 11 is 7.41. The molecule has 3 heterocycles. The van der Waals surface area contributed by atoms with Crippen LogP contribution in [0.2, 0.25) is 5.02 Å². The number of ether oxygens (including phenoxy) is 1. The second-order valence-electron chi connectivity index (χ2n) is 7.74. The summed E-state index contributed by atoms with van der Waals surface area (Å²) in [7, 11) is -2.26. The first-order chi connectivity index (χ1) is 16.5. The molecule has 34 heavy (non-hydrogen) atoms. The van der Waals surface area contributed by atoms with E-state index in [4.69, 9.17) is 20.8 Å². The van der Waals surface area contributed by atoms with Crippen LogP contribution >= 0.6 is 22.9 Å². The molecule has 1 aliphatic rings. The molecule has 0 N–H and O–H groups in total. The van der Waals surface area contributed by atoms with Crippen LogP contribution in [0.4, 0.5) is 11.6 Å². The van der Waals surface area contributed by atoms with Gasteiger partial charge in [0.1, 0.15) is 5.75 Å². The van der Waals surface area contributed by atoms with Gasteiger partial charge in [0, 0.05) is 36.9 Å². The van der Waals surface area contributed by atoms with Crippen LogP contribution in [-0.4, -0.2) is 46.7 Å². The van der Waals surface area contributed by atoms with Crippen LogP contribution in [0.15, 0.2) is 80.4 Å². The minimum atomic E-state index is -3.91. The fraction of sp³-hybridized carbons (Fsp3) is 0.208. The molecule has 0 aliphatic carbocycles. The molecule has 2 aromatic heterocycles. The van der Waals surface area contributed by atoms with Crippen LogP contribution in [0.3, 0.4) is 0 Å². The monoisotopic (exact) mass is 515 g/mol. The highest BCUT2D eigenvalue weighted by molar-refractivity contribution is 7.91. The van der Waals surface area contributed by atoms with E-state index in [9.17, 15) is 8.42 Å². The predicted octanol–water partition coefficient (Wildman–Crippen LogP) is 5.22. The molecule has 4 aromatic rings. The van der Waals surface area contributed by atoms with Crippen LogP contribution < -0.4 is 14.5 Å². The summed E-state index contributed by atoms with van der Waals surface area (Å²) in [5.74, 6) is 1.38. The highest BCUT2D eigenvalue weighted by Gasteiger charge is 2.33. The van der Waals surface area contributed by atoms with E-state index in [-0.39, 0.29) is 15.8 Å². The Hall–Kier alpha value is -3.01. The molecule has 2 aromatic carbocycles. The molecule has 1 aliphatic heterocycles. The van der Waals surface area contributed by atoms with Crippen LogP contribution in [0.25, 0.3) is 10.8 Å². The van der Waals surface area contributed by atoms with Gasteiger partial charge in [0.05, 0.1) is 16.9 Å². The molecule has 1 saturated heterocycles. The normalized spacial score (nSPS) is 14.4. The van der Waals surface area contributed by atoms with E-state index < -0.39 is 9.84 Å². The SMILES string of the molecule is COc1ccc(N2CCN(c3oc(-c4cccs4)nc3S(=O)(=O)c3ccc(Cl)cc3)CC2)cc1. The van der Waals surface area contributed by atoms with Gasteiger partial charge >= 0.3 is 0 Å². The summed E-state index contributed by atoms with van der Waals surface area (Å²) in [6, 6.07) is 17.7. The lowest BCUT2D eigenvalue weighted by Crippen LogP contribution is -2.46. The van der Waals surface area contributed by atoms with Gasteiger partial charge in [-0.2, -0.15) is 4.98 Å². The van der Waals surface area contributed by atoms with Crippen molar-refractivity contribution in [2.45, 2.75) is 9.92 Å². The second-order valence-corrected chi connectivity index (χ2v) is 11.0. The van der Waals surface area contributed by atoms with Gasteiger partial charge in [-0.25, -0.2) is 8.42 Å². The predicted molar refractivity (Wildman–Crippen MR) is 134 cm³/mol. The Balaban J connectivity index is 1.45. The average molecular weight is 516 g/mol. The number of halogens is 1. The molecule has 5 rings (SSSR count). The Morgan fingerprint density at radius 1 is 0.971 bits per heavy atom. The van der Waals surface area contributed by atoms with Crippen molar-refractivity contribution >= 4 is 44.3 Å². The largest absolute Gasteiger partial charge is 0.497 e. The highest BCUT2D eigenvalue weighted by atomic mass is 35.5. The van der Waals surface area contributed by atoms with Crippen molar-refractivity contribution in [1.29, 1.82) is 0 Å². The molecular weight excluding hydrogens is 494 g/mol. The summed E-state index contributed by atoms with van der Waals surface area (Å²) in [5.41, 5.74) is 1.09. The maximum absolute atomic E-state index is 13.5. The van der Waals surface area contributed by atoms with Gasteiger partial charge in [-0.05, 0) is 60.0 Å². The lowest BCUT2D eigenvalue weighted by molar-refractivity contribution is 0.415. The van der Waals surface area contributed by atoms with Crippen molar-refractivity contribution in [3.05, 3.63) is 71.1 Å². The molecular formula is C24H22ClN3O4S2. The number of thiophene rings is 1. The minimum absolute atomic E-state index is 0.0730. The van der Waals surface area contributed by atoms with Gasteiger partial charge in [-0.3, -0.25) is 0 Å². The van der Waals surface area contributed by atoms with Crippen molar-refractivity contribution in [1.82, 2.24) is 4.98 Å². The van der Waals surface area contributed by atoms with Crippen molar-refractivity contribution in [3.8, 4) is 16.5 Å². The van der Waals surface area contributed by atoms with Gasteiger partial charge in [0.15, 0.2) is 0 Å². The minimum Gasteiger partial charge on any atom is -0.497 e. The number of sulfone groups is 1. The summed E-state index contributed by atoms with van der Waals surface area (Å²) in [6.45, 7) is 2.60. The second kappa shape index (κ2) is 9.32. The molecule has 0 bridgehead atoms. The third-order valence-corrected chi connectivity index (χ3v) is 8.47. The molecule has 7 nitrogen and oxygen atoms in total. The Labute approximate surface area is 207 Å². The standard InChI is InChI=1S/C24H22ClN3O4S2/c1-31-19-8-6-18(7-9-19)27-12-14-28(15-13-27)24-23(26-22(32-24)21-3-2-16-33-21)34(29,30)20-10-4-17(25)5-11-20/h2-11,16H,12-15H2,1H3. The zero-order chi connectivity index (χ0) is 23.7. The van der Waals surface area contributed by atoms with E-state index in [0.29, 0.717) is 37.1 Å². The topological polar surface area (TPSA) is 75.9 Å². The Kier molecular flexibility index (Phi) is 6.24. The van der Waals surface area contributed by atoms with Crippen molar-refractivity contribution in [3.63, 3.8) is 0 Å². The first-order valence-electron chi connectivity index (χ1n) is 10.6. The molecule has 176 valence electrons. The van der Waals surface area contributed by atoms with E-state index in [0.717, 1.165) is 16.3 Å². The molecule has 10 heteroatoms.